The molecule has 19 nitrogen and oxygen atoms in total. The summed E-state index contributed by atoms with van der Waals surface area (Å²) in [5.41, 5.74) is 2.89. The van der Waals surface area contributed by atoms with E-state index in [1.165, 1.54) is 0 Å². The Morgan fingerprint density at radius 3 is 2.02 bits per heavy atom. The first-order chi connectivity index (χ1) is 28.9. The highest BCUT2D eigenvalue weighted by Gasteiger charge is 2.43. The van der Waals surface area contributed by atoms with Gasteiger partial charge in [0.15, 0.2) is 11.2 Å². The van der Waals surface area contributed by atoms with Crippen molar-refractivity contribution in [3.8, 4) is 0 Å². The smallest absolute Gasteiger partial charge is 0.464 e. The number of halogens is 3. The zero-order valence-corrected chi connectivity index (χ0v) is 35.6. The van der Waals surface area contributed by atoms with Gasteiger partial charge in [-0.25, -0.2) is 24.4 Å². The van der Waals surface area contributed by atoms with Crippen molar-refractivity contribution in [2.24, 2.45) is 11.8 Å². The summed E-state index contributed by atoms with van der Waals surface area (Å²) in [7, 11) is 0. The summed E-state index contributed by atoms with van der Waals surface area (Å²) in [6.07, 6.45) is -4.50. The molecule has 0 aliphatic carbocycles. The molecule has 0 bridgehead atoms. The van der Waals surface area contributed by atoms with Gasteiger partial charge in [-0.2, -0.15) is 18.2 Å². The van der Waals surface area contributed by atoms with E-state index in [1.807, 2.05) is 13.8 Å². The average Bonchev–Trinajstić information content (AvgIpc) is 3.17. The Morgan fingerprint density at radius 2 is 1.45 bits per heavy atom. The molecule has 1 aromatic carbocycles. The normalized spacial score (nSPS) is 12.6. The highest BCUT2D eigenvalue weighted by atomic mass is 19.4. The van der Waals surface area contributed by atoms with Crippen molar-refractivity contribution < 1.29 is 56.1 Å². The molecule has 3 rings (SSSR count). The topological polar surface area (TPSA) is 267 Å². The zero-order chi connectivity index (χ0) is 46.4. The molecule has 6 N–H and O–H groups in total. The number of rotatable bonds is 20. The Bertz CT molecular complexity index is 2110. The molecule has 2 atom stereocenters. The number of alkyl halides is 3. The van der Waals surface area contributed by atoms with Crippen LogP contribution in [0, 0.1) is 11.8 Å². The number of nitrogens with zero attached hydrogens (tertiary/aromatic N) is 4. The van der Waals surface area contributed by atoms with Crippen LogP contribution in [0.1, 0.15) is 96.6 Å². The number of nitrogens with two attached hydrogens (primary N) is 1. The SMILES string of the molecule is CC(C)COC(=O)[C@H](CCCCNC(=O)OC(C)(C)C)NC(=O)CC[C@H](NC(=O)c1ccc(N(Cc2cnc3nc(N)[nH]c(=O)c3n2)C(=O)C(F)(F)F)cc1)C(=O)OCC(C)C. The molecule has 0 aliphatic rings. The summed E-state index contributed by atoms with van der Waals surface area (Å²) in [5.74, 6) is -5.64. The highest BCUT2D eigenvalue weighted by Crippen LogP contribution is 2.26. The van der Waals surface area contributed by atoms with Gasteiger partial charge in [-0.3, -0.25) is 29.1 Å². The number of fused-ring (bicyclic) bond motifs is 1. The number of benzene rings is 1. The van der Waals surface area contributed by atoms with E-state index in [9.17, 15) is 46.7 Å². The second-order valence-electron chi connectivity index (χ2n) is 16.1. The van der Waals surface area contributed by atoms with Gasteiger partial charge in [0.25, 0.3) is 11.5 Å². The Kier molecular flexibility index (Phi) is 18.1. The fourth-order valence-electron chi connectivity index (χ4n) is 5.39. The summed E-state index contributed by atoms with van der Waals surface area (Å²) in [5, 5.41) is 7.76. The molecule has 340 valence electrons. The summed E-state index contributed by atoms with van der Waals surface area (Å²) in [6, 6.07) is 1.93. The molecule has 0 unspecified atom stereocenters. The lowest BCUT2D eigenvalue weighted by Gasteiger charge is -2.24. The van der Waals surface area contributed by atoms with Crippen LogP contribution in [-0.4, -0.2) is 99.3 Å². The van der Waals surface area contributed by atoms with Crippen molar-refractivity contribution in [3.05, 3.63) is 52.1 Å². The van der Waals surface area contributed by atoms with Gasteiger partial charge in [0, 0.05) is 24.2 Å². The molecular weight excluding hydrogens is 823 g/mol. The number of ether oxygens (including phenoxy) is 3. The number of aromatic amines is 1. The fourth-order valence-corrected chi connectivity index (χ4v) is 5.39. The minimum absolute atomic E-state index is 0.0117. The molecule has 2 heterocycles. The largest absolute Gasteiger partial charge is 0.471 e. The van der Waals surface area contributed by atoms with E-state index in [2.05, 4.69) is 35.9 Å². The number of esters is 2. The molecule has 2 aromatic heterocycles. The first-order valence-corrected chi connectivity index (χ1v) is 19.8. The highest BCUT2D eigenvalue weighted by molar-refractivity contribution is 5.99. The maximum Gasteiger partial charge on any atom is 0.471 e. The van der Waals surface area contributed by atoms with Crippen molar-refractivity contribution in [1.82, 2.24) is 35.9 Å². The number of carbonyl (C=O) groups excluding carboxylic acids is 6. The van der Waals surface area contributed by atoms with Crippen molar-refractivity contribution in [1.29, 1.82) is 0 Å². The van der Waals surface area contributed by atoms with Crippen LogP contribution < -0.4 is 32.1 Å². The first kappa shape index (κ1) is 50.0. The van der Waals surface area contributed by atoms with Crippen molar-refractivity contribution in [2.75, 3.05) is 30.4 Å². The van der Waals surface area contributed by atoms with E-state index in [4.69, 9.17) is 19.9 Å². The van der Waals surface area contributed by atoms with Crippen molar-refractivity contribution >= 4 is 58.6 Å². The van der Waals surface area contributed by atoms with Gasteiger partial charge in [0.2, 0.25) is 11.9 Å². The maximum absolute atomic E-state index is 13.8. The van der Waals surface area contributed by atoms with Crippen LogP contribution in [0.15, 0.2) is 35.3 Å². The third kappa shape index (κ3) is 16.6. The van der Waals surface area contributed by atoms with Crippen LogP contribution in [0.4, 0.5) is 29.6 Å². The van der Waals surface area contributed by atoms with E-state index >= 15 is 0 Å². The molecular formula is C40H54F3N9O10. The number of nitrogens with one attached hydrogen (secondary N) is 4. The van der Waals surface area contributed by atoms with Crippen LogP contribution in [-0.2, 0) is 39.9 Å². The number of alkyl carbamates (subject to hydrolysis) is 1. The predicted octanol–water partition coefficient (Wildman–Crippen LogP) is 3.85. The molecule has 62 heavy (non-hydrogen) atoms. The average molecular weight is 878 g/mol. The van der Waals surface area contributed by atoms with Crippen molar-refractivity contribution in [2.45, 2.75) is 111 Å². The number of carbonyl (C=O) groups is 6. The number of hydrogen-bond donors (Lipinski definition) is 5. The molecule has 4 amide bonds. The number of H-pyrrole nitrogens is 1. The molecule has 3 aromatic rings. The monoisotopic (exact) mass is 877 g/mol. The lowest BCUT2D eigenvalue weighted by atomic mass is 10.1. The van der Waals surface area contributed by atoms with Gasteiger partial charge in [0.05, 0.1) is 31.6 Å². The number of hydrogen-bond acceptors (Lipinski definition) is 14. The Hall–Kier alpha value is -6.35. The fraction of sp³-hybridized carbons (Fsp3) is 0.550. The quantitative estimate of drug-likeness (QED) is 0.0614. The van der Waals surface area contributed by atoms with Gasteiger partial charge >= 0.3 is 30.1 Å². The van der Waals surface area contributed by atoms with Crippen LogP contribution in [0.5, 0.6) is 0 Å². The first-order valence-electron chi connectivity index (χ1n) is 19.8. The van der Waals surface area contributed by atoms with E-state index < -0.39 is 71.7 Å². The third-order valence-corrected chi connectivity index (χ3v) is 8.31. The predicted molar refractivity (Wildman–Crippen MR) is 218 cm³/mol. The van der Waals surface area contributed by atoms with E-state index in [1.54, 1.807) is 34.6 Å². The molecule has 0 spiro atoms. The van der Waals surface area contributed by atoms with Crippen molar-refractivity contribution in [3.63, 3.8) is 0 Å². The lowest BCUT2D eigenvalue weighted by Crippen LogP contribution is -2.45. The summed E-state index contributed by atoms with van der Waals surface area (Å²) in [4.78, 5) is 104. The van der Waals surface area contributed by atoms with Gasteiger partial charge < -0.3 is 35.9 Å². The number of unbranched alkanes of at least 4 members (excludes halogenated alkanes) is 1. The van der Waals surface area contributed by atoms with Gasteiger partial charge in [-0.15, -0.1) is 0 Å². The molecule has 0 saturated carbocycles. The third-order valence-electron chi connectivity index (χ3n) is 8.31. The lowest BCUT2D eigenvalue weighted by molar-refractivity contribution is -0.170. The number of amides is 4. The molecule has 0 saturated heterocycles. The Morgan fingerprint density at radius 1 is 0.855 bits per heavy atom. The number of aromatic nitrogens is 4. The second kappa shape index (κ2) is 22.5. The Balaban J connectivity index is 1.74. The van der Waals surface area contributed by atoms with E-state index in [-0.39, 0.29) is 84.9 Å². The van der Waals surface area contributed by atoms with Crippen LogP contribution in [0.25, 0.3) is 11.2 Å². The van der Waals surface area contributed by atoms with Crippen LogP contribution in [0.2, 0.25) is 0 Å². The number of nitrogen functional groups attached to an aromatic ring is 1. The summed E-state index contributed by atoms with van der Waals surface area (Å²) >= 11 is 0. The molecule has 22 heteroatoms. The van der Waals surface area contributed by atoms with Gasteiger partial charge in [-0.05, 0) is 82.6 Å². The summed E-state index contributed by atoms with van der Waals surface area (Å²) in [6.45, 7) is 12.0. The van der Waals surface area contributed by atoms with Crippen LogP contribution in [0.3, 0.4) is 0 Å². The van der Waals surface area contributed by atoms with Gasteiger partial charge in [-0.1, -0.05) is 27.7 Å². The Labute approximate surface area is 355 Å². The second-order valence-corrected chi connectivity index (χ2v) is 16.1. The minimum atomic E-state index is -5.33. The molecule has 0 fully saturated rings. The van der Waals surface area contributed by atoms with Gasteiger partial charge in [0.1, 0.15) is 17.7 Å². The molecule has 0 aliphatic heterocycles. The number of anilines is 2. The zero-order valence-electron chi connectivity index (χ0n) is 35.6. The van der Waals surface area contributed by atoms with E-state index in [0.29, 0.717) is 17.7 Å². The molecule has 0 radical (unpaired) electrons. The van der Waals surface area contributed by atoms with Crippen LogP contribution >= 0.6 is 0 Å². The standard InChI is InChI=1S/C40H54F3N9O10/c1-22(2)20-60-34(56)27(10-8-9-17-45-38(59)62-39(5,6)7)48-29(53)16-15-28(35(57)61-21-23(3)4)49-32(54)24-11-13-26(14-12-24)52(36(58)40(41,42)43)19-25-18-46-31-30(47-25)33(55)51-37(44)50-31/h11-14,18,22-23,27-28H,8-10,15-17,19-21H2,1-7H3,(H,45,59)(H,48,53)(H,49,54)(H3,44,46,50,51,55)/t27-,28-/m0/s1. The maximum atomic E-state index is 13.8. The van der Waals surface area contributed by atoms with E-state index in [0.717, 1.165) is 30.5 Å². The minimum Gasteiger partial charge on any atom is -0.464 e. The summed E-state index contributed by atoms with van der Waals surface area (Å²) < 4.78 is 57.2.